The fourth-order valence-corrected chi connectivity index (χ4v) is 2.55. The maximum Gasteiger partial charge on any atom is 0.115 e. The van der Waals surface area contributed by atoms with Crippen molar-refractivity contribution in [1.82, 2.24) is 15.3 Å². The average Bonchev–Trinajstić information content (AvgIpc) is 2.75. The summed E-state index contributed by atoms with van der Waals surface area (Å²) in [7, 11) is 0. The van der Waals surface area contributed by atoms with Gasteiger partial charge in [0.05, 0.1) is 0 Å². The minimum absolute atomic E-state index is 0.672. The Morgan fingerprint density at radius 1 is 1.33 bits per heavy atom. The average molecular weight is 205 g/mol. The number of hydrogen-bond donors (Lipinski definition) is 1. The van der Waals surface area contributed by atoms with E-state index in [4.69, 9.17) is 0 Å². The van der Waals surface area contributed by atoms with Gasteiger partial charge in [-0.1, -0.05) is 13.3 Å². The molecule has 0 aromatic carbocycles. The van der Waals surface area contributed by atoms with Gasteiger partial charge in [-0.3, -0.25) is 0 Å². The summed E-state index contributed by atoms with van der Waals surface area (Å²) in [4.78, 5) is 8.22. The molecule has 0 radical (unpaired) electrons. The highest BCUT2D eigenvalue weighted by atomic mass is 14.9. The molecule has 0 spiro atoms. The summed E-state index contributed by atoms with van der Waals surface area (Å²) in [6, 6.07) is 0. The minimum atomic E-state index is 0.672. The molecular formula is C12H19N3. The highest BCUT2D eigenvalue weighted by molar-refractivity contribution is 5.13. The van der Waals surface area contributed by atoms with Gasteiger partial charge in [0.25, 0.3) is 0 Å². The molecule has 1 N–H and O–H groups in total. The predicted octanol–water partition coefficient (Wildman–Crippen LogP) is 1.97. The van der Waals surface area contributed by atoms with Gasteiger partial charge in [0, 0.05) is 12.4 Å². The van der Waals surface area contributed by atoms with Crippen LogP contribution in [0.1, 0.15) is 37.7 Å². The third-order valence-electron chi connectivity index (χ3n) is 3.32. The fourth-order valence-electron chi connectivity index (χ4n) is 2.55. The molecule has 1 aromatic heterocycles. The van der Waals surface area contributed by atoms with Gasteiger partial charge in [-0.25, -0.2) is 9.97 Å². The Kier molecular flexibility index (Phi) is 3.67. The van der Waals surface area contributed by atoms with Crippen molar-refractivity contribution in [2.75, 3.05) is 13.1 Å². The van der Waals surface area contributed by atoms with E-state index in [9.17, 15) is 0 Å². The first kappa shape index (κ1) is 10.6. The lowest BCUT2D eigenvalue weighted by Crippen LogP contribution is -2.24. The molecule has 2 atom stereocenters. The number of aromatic nitrogens is 2. The monoisotopic (exact) mass is 205 g/mol. The second-order valence-electron chi connectivity index (χ2n) is 4.28. The molecule has 1 aromatic rings. The number of nitrogens with one attached hydrogen (secondary N) is 1. The number of nitrogens with zero attached hydrogens (tertiary/aromatic N) is 2. The Labute approximate surface area is 91.3 Å². The molecule has 0 bridgehead atoms. The van der Waals surface area contributed by atoms with Gasteiger partial charge in [-0.2, -0.15) is 0 Å². The molecule has 3 heteroatoms. The molecule has 15 heavy (non-hydrogen) atoms. The van der Waals surface area contributed by atoms with Crippen LogP contribution in [0, 0.1) is 5.92 Å². The van der Waals surface area contributed by atoms with Gasteiger partial charge < -0.3 is 5.32 Å². The lowest BCUT2D eigenvalue weighted by atomic mass is 9.90. The molecule has 1 saturated carbocycles. The molecule has 0 aliphatic heterocycles. The summed E-state index contributed by atoms with van der Waals surface area (Å²) < 4.78 is 0. The standard InChI is InChI=1S/C12H19N3/c1-2-13-6-10-4-3-5-12(10)11-7-14-9-15-8-11/h7-10,12-13H,2-6H2,1H3. The van der Waals surface area contributed by atoms with Crippen LogP contribution in [0.4, 0.5) is 0 Å². The van der Waals surface area contributed by atoms with E-state index < -0.39 is 0 Å². The predicted molar refractivity (Wildman–Crippen MR) is 60.7 cm³/mol. The molecule has 3 nitrogen and oxygen atoms in total. The lowest BCUT2D eigenvalue weighted by molar-refractivity contribution is 0.449. The van der Waals surface area contributed by atoms with Crippen molar-refractivity contribution in [1.29, 1.82) is 0 Å². The SMILES string of the molecule is CCNCC1CCCC1c1cncnc1. The second-order valence-corrected chi connectivity index (χ2v) is 4.28. The Morgan fingerprint density at radius 2 is 2.13 bits per heavy atom. The van der Waals surface area contributed by atoms with Crippen molar-refractivity contribution in [2.24, 2.45) is 5.92 Å². The van der Waals surface area contributed by atoms with E-state index in [1.54, 1.807) is 6.33 Å². The molecule has 0 amide bonds. The molecule has 2 rings (SSSR count). The third kappa shape index (κ3) is 2.53. The van der Waals surface area contributed by atoms with Crippen LogP contribution in [-0.2, 0) is 0 Å². The first-order chi connectivity index (χ1) is 7.42. The zero-order chi connectivity index (χ0) is 10.5. The van der Waals surface area contributed by atoms with Crippen molar-refractivity contribution in [2.45, 2.75) is 32.1 Å². The normalized spacial score (nSPS) is 25.7. The fraction of sp³-hybridized carbons (Fsp3) is 0.667. The largest absolute Gasteiger partial charge is 0.317 e. The Bertz CT molecular complexity index is 286. The van der Waals surface area contributed by atoms with Gasteiger partial charge in [0.15, 0.2) is 0 Å². The van der Waals surface area contributed by atoms with Crippen LogP contribution < -0.4 is 5.32 Å². The van der Waals surface area contributed by atoms with Crippen LogP contribution in [0.25, 0.3) is 0 Å². The minimum Gasteiger partial charge on any atom is -0.317 e. The Hall–Kier alpha value is -0.960. The Morgan fingerprint density at radius 3 is 2.87 bits per heavy atom. The molecule has 1 aliphatic rings. The van der Waals surface area contributed by atoms with Gasteiger partial charge in [0.1, 0.15) is 6.33 Å². The van der Waals surface area contributed by atoms with E-state index in [-0.39, 0.29) is 0 Å². The van der Waals surface area contributed by atoms with Crippen LogP contribution in [0.15, 0.2) is 18.7 Å². The van der Waals surface area contributed by atoms with Gasteiger partial charge in [0.2, 0.25) is 0 Å². The summed E-state index contributed by atoms with van der Waals surface area (Å²) in [6.07, 6.45) is 9.53. The van der Waals surface area contributed by atoms with Crippen molar-refractivity contribution < 1.29 is 0 Å². The van der Waals surface area contributed by atoms with E-state index in [1.807, 2.05) is 12.4 Å². The summed E-state index contributed by atoms with van der Waals surface area (Å²) in [5.41, 5.74) is 1.32. The van der Waals surface area contributed by atoms with Crippen LogP contribution >= 0.6 is 0 Å². The van der Waals surface area contributed by atoms with Crippen molar-refractivity contribution in [3.63, 3.8) is 0 Å². The number of hydrogen-bond acceptors (Lipinski definition) is 3. The highest BCUT2D eigenvalue weighted by Crippen LogP contribution is 2.38. The zero-order valence-electron chi connectivity index (χ0n) is 9.32. The molecule has 82 valence electrons. The summed E-state index contributed by atoms with van der Waals surface area (Å²) in [5, 5.41) is 3.45. The number of rotatable bonds is 4. The lowest BCUT2D eigenvalue weighted by Gasteiger charge is -2.19. The second kappa shape index (κ2) is 5.21. The van der Waals surface area contributed by atoms with E-state index in [0.717, 1.165) is 19.0 Å². The van der Waals surface area contributed by atoms with Crippen molar-refractivity contribution in [3.05, 3.63) is 24.3 Å². The first-order valence-electron chi connectivity index (χ1n) is 5.87. The van der Waals surface area contributed by atoms with Crippen molar-refractivity contribution >= 4 is 0 Å². The molecule has 1 fully saturated rings. The van der Waals surface area contributed by atoms with Crippen molar-refractivity contribution in [3.8, 4) is 0 Å². The van der Waals surface area contributed by atoms with Crippen LogP contribution in [0.3, 0.4) is 0 Å². The molecule has 2 unspecified atom stereocenters. The highest BCUT2D eigenvalue weighted by Gasteiger charge is 2.28. The molecule has 0 saturated heterocycles. The topological polar surface area (TPSA) is 37.8 Å². The van der Waals surface area contributed by atoms with E-state index in [2.05, 4.69) is 22.2 Å². The van der Waals surface area contributed by atoms with Crippen LogP contribution in [0.5, 0.6) is 0 Å². The third-order valence-corrected chi connectivity index (χ3v) is 3.32. The smallest absolute Gasteiger partial charge is 0.115 e. The first-order valence-corrected chi connectivity index (χ1v) is 5.87. The molecule has 1 aliphatic carbocycles. The van der Waals surface area contributed by atoms with Gasteiger partial charge in [-0.15, -0.1) is 0 Å². The van der Waals surface area contributed by atoms with Crippen LogP contribution in [-0.4, -0.2) is 23.1 Å². The maximum atomic E-state index is 4.11. The van der Waals surface area contributed by atoms with Gasteiger partial charge >= 0.3 is 0 Å². The zero-order valence-corrected chi connectivity index (χ0v) is 9.32. The molecular weight excluding hydrogens is 186 g/mol. The van der Waals surface area contributed by atoms with Crippen LogP contribution in [0.2, 0.25) is 0 Å². The molecule has 1 heterocycles. The summed E-state index contributed by atoms with van der Waals surface area (Å²) in [5.74, 6) is 1.45. The summed E-state index contributed by atoms with van der Waals surface area (Å²) >= 11 is 0. The van der Waals surface area contributed by atoms with E-state index in [0.29, 0.717) is 5.92 Å². The Balaban J connectivity index is 2.01. The maximum absolute atomic E-state index is 4.11. The quantitative estimate of drug-likeness (QED) is 0.816. The van der Waals surface area contributed by atoms with Gasteiger partial charge in [-0.05, 0) is 43.3 Å². The van der Waals surface area contributed by atoms with E-state index >= 15 is 0 Å². The van der Waals surface area contributed by atoms with E-state index in [1.165, 1.54) is 24.8 Å². The summed E-state index contributed by atoms with van der Waals surface area (Å²) in [6.45, 7) is 4.36.